The van der Waals surface area contributed by atoms with E-state index in [-0.39, 0.29) is 11.7 Å². The van der Waals surface area contributed by atoms with Crippen LogP contribution in [0.25, 0.3) is 22.1 Å². The summed E-state index contributed by atoms with van der Waals surface area (Å²) in [7, 11) is 0. The second-order valence-corrected chi connectivity index (χ2v) is 10.1. The largest absolute Gasteiger partial charge is 0.324 e. The molecule has 1 aliphatic rings. The topological polar surface area (TPSA) is 96.5 Å². The van der Waals surface area contributed by atoms with Gasteiger partial charge in [0, 0.05) is 16.8 Å². The number of carbonyl (C=O) groups excluding carboxylic acids is 1. The van der Waals surface area contributed by atoms with E-state index in [1.54, 1.807) is 0 Å². The lowest BCUT2D eigenvalue weighted by molar-refractivity contribution is -0.113. The lowest BCUT2D eigenvalue weighted by Gasteiger charge is -2.17. The van der Waals surface area contributed by atoms with Crippen LogP contribution in [0, 0.1) is 17.2 Å². The molecule has 1 unspecified atom stereocenters. The first kappa shape index (κ1) is 20.9. The summed E-state index contributed by atoms with van der Waals surface area (Å²) in [6.45, 7) is 5.07. The number of aromatic nitrogens is 4. The zero-order chi connectivity index (χ0) is 22.2. The number of para-hydroxylation sites is 1. The fraction of sp³-hybridized carbons (Fsp3) is 0.348. The van der Waals surface area contributed by atoms with Gasteiger partial charge in [0.25, 0.3) is 0 Å². The fourth-order valence-electron chi connectivity index (χ4n) is 4.32. The molecular formula is C23H22N6OS2. The predicted octanol–water partition coefficient (Wildman–Crippen LogP) is 4.79. The number of thiophene rings is 1. The summed E-state index contributed by atoms with van der Waals surface area (Å²) in [5.41, 5.74) is 4.37. The Hall–Kier alpha value is -2.96. The highest BCUT2D eigenvalue weighted by Gasteiger charge is 2.24. The molecule has 32 heavy (non-hydrogen) atoms. The van der Waals surface area contributed by atoms with Crippen LogP contribution in [-0.2, 0) is 24.2 Å². The molecule has 3 aromatic heterocycles. The summed E-state index contributed by atoms with van der Waals surface area (Å²) in [5.74, 6) is 0.603. The summed E-state index contributed by atoms with van der Waals surface area (Å²) in [4.78, 5) is 18.6. The molecule has 1 N–H and O–H groups in total. The van der Waals surface area contributed by atoms with Crippen molar-refractivity contribution in [2.24, 2.45) is 5.92 Å². The van der Waals surface area contributed by atoms with Gasteiger partial charge in [-0.05, 0) is 43.7 Å². The number of thioether (sulfide) groups is 1. The number of nitrogens with one attached hydrogen (secondary N) is 1. The van der Waals surface area contributed by atoms with Crippen molar-refractivity contribution < 1.29 is 4.79 Å². The molecule has 5 rings (SSSR count). The van der Waals surface area contributed by atoms with Crippen LogP contribution in [0.2, 0.25) is 0 Å². The Balaban J connectivity index is 1.34. The smallest absolute Gasteiger partial charge is 0.235 e. The molecular weight excluding hydrogens is 440 g/mol. The third kappa shape index (κ3) is 3.63. The quantitative estimate of drug-likeness (QED) is 0.429. The summed E-state index contributed by atoms with van der Waals surface area (Å²) in [6.07, 6.45) is 2.97. The van der Waals surface area contributed by atoms with Crippen molar-refractivity contribution >= 4 is 56.1 Å². The van der Waals surface area contributed by atoms with Gasteiger partial charge in [0.1, 0.15) is 16.6 Å². The minimum absolute atomic E-state index is 0.156. The van der Waals surface area contributed by atoms with Gasteiger partial charge in [-0.2, -0.15) is 5.26 Å². The first-order valence-electron chi connectivity index (χ1n) is 10.7. The highest BCUT2D eigenvalue weighted by atomic mass is 32.2. The molecule has 162 valence electrons. The molecule has 1 aliphatic carbocycles. The van der Waals surface area contributed by atoms with Crippen LogP contribution in [0.5, 0.6) is 0 Å². The third-order valence-electron chi connectivity index (χ3n) is 5.88. The van der Waals surface area contributed by atoms with E-state index < -0.39 is 0 Å². The molecule has 1 amide bonds. The minimum atomic E-state index is -0.169. The Morgan fingerprint density at radius 2 is 2.22 bits per heavy atom. The average Bonchev–Trinajstić information content (AvgIpc) is 3.30. The normalized spacial score (nSPS) is 15.6. The number of hydrogen-bond acceptors (Lipinski definition) is 7. The van der Waals surface area contributed by atoms with E-state index in [1.807, 2.05) is 18.2 Å². The van der Waals surface area contributed by atoms with Crippen molar-refractivity contribution in [3.63, 3.8) is 0 Å². The van der Waals surface area contributed by atoms with Gasteiger partial charge in [-0.3, -0.25) is 4.79 Å². The molecule has 0 saturated carbocycles. The Morgan fingerprint density at radius 3 is 3.03 bits per heavy atom. The number of carbonyl (C=O) groups is 1. The van der Waals surface area contributed by atoms with Crippen LogP contribution in [0.15, 0.2) is 29.4 Å². The average molecular weight is 463 g/mol. The maximum Gasteiger partial charge on any atom is 0.235 e. The van der Waals surface area contributed by atoms with Crippen molar-refractivity contribution in [3.8, 4) is 6.07 Å². The fourth-order valence-corrected chi connectivity index (χ4v) is 6.28. The number of rotatable bonds is 5. The first-order chi connectivity index (χ1) is 15.6. The van der Waals surface area contributed by atoms with Gasteiger partial charge in [-0.15, -0.1) is 21.5 Å². The molecule has 9 heteroatoms. The van der Waals surface area contributed by atoms with E-state index in [0.717, 1.165) is 53.4 Å². The number of amides is 1. The van der Waals surface area contributed by atoms with E-state index in [9.17, 15) is 10.1 Å². The zero-order valence-electron chi connectivity index (χ0n) is 17.9. The van der Waals surface area contributed by atoms with Gasteiger partial charge in [-0.1, -0.05) is 36.9 Å². The highest BCUT2D eigenvalue weighted by Crippen LogP contribution is 2.39. The molecule has 1 atom stereocenters. The van der Waals surface area contributed by atoms with E-state index in [2.05, 4.69) is 51.0 Å². The Kier molecular flexibility index (Phi) is 5.57. The number of anilines is 1. The summed E-state index contributed by atoms with van der Waals surface area (Å²) in [6, 6.07) is 10.3. The SMILES string of the molecule is CCn1c2ccccc2c2nnc(SCC(=O)Nc3sc4c(c3C#N)CCC(C)C4)nc21. The summed E-state index contributed by atoms with van der Waals surface area (Å²) >= 11 is 2.79. The van der Waals surface area contributed by atoms with E-state index >= 15 is 0 Å². The number of fused-ring (bicyclic) bond motifs is 4. The summed E-state index contributed by atoms with van der Waals surface area (Å²) in [5, 5.41) is 23.4. The van der Waals surface area contributed by atoms with Gasteiger partial charge in [-0.25, -0.2) is 4.98 Å². The molecule has 0 bridgehead atoms. The second-order valence-electron chi connectivity index (χ2n) is 8.03. The van der Waals surface area contributed by atoms with Crippen molar-refractivity contribution in [2.45, 2.75) is 44.8 Å². The van der Waals surface area contributed by atoms with E-state index in [1.165, 1.54) is 28.0 Å². The Labute approximate surface area is 193 Å². The Bertz CT molecular complexity index is 1380. The van der Waals surface area contributed by atoms with Gasteiger partial charge >= 0.3 is 0 Å². The van der Waals surface area contributed by atoms with Crippen LogP contribution < -0.4 is 5.32 Å². The van der Waals surface area contributed by atoms with Crippen molar-refractivity contribution in [1.82, 2.24) is 19.7 Å². The van der Waals surface area contributed by atoms with E-state index in [4.69, 9.17) is 0 Å². The van der Waals surface area contributed by atoms with Crippen LogP contribution >= 0.6 is 23.1 Å². The number of aryl methyl sites for hydroxylation is 1. The molecule has 7 nitrogen and oxygen atoms in total. The third-order valence-corrected chi connectivity index (χ3v) is 7.89. The molecule has 0 fully saturated rings. The second kappa shape index (κ2) is 8.52. The maximum absolute atomic E-state index is 12.6. The predicted molar refractivity (Wildman–Crippen MR) is 128 cm³/mol. The Morgan fingerprint density at radius 1 is 1.38 bits per heavy atom. The van der Waals surface area contributed by atoms with Gasteiger partial charge in [0.15, 0.2) is 5.65 Å². The van der Waals surface area contributed by atoms with Gasteiger partial charge in [0.2, 0.25) is 11.1 Å². The molecule has 1 aromatic carbocycles. The van der Waals surface area contributed by atoms with Crippen LogP contribution in [0.4, 0.5) is 5.00 Å². The number of nitriles is 1. The number of benzene rings is 1. The monoisotopic (exact) mass is 462 g/mol. The van der Waals surface area contributed by atoms with E-state index in [0.29, 0.717) is 21.6 Å². The molecule has 4 aromatic rings. The van der Waals surface area contributed by atoms with Crippen LogP contribution in [-0.4, -0.2) is 31.4 Å². The minimum Gasteiger partial charge on any atom is -0.324 e. The van der Waals surface area contributed by atoms with Crippen molar-refractivity contribution in [3.05, 3.63) is 40.3 Å². The standard InChI is InChI=1S/C23H22N6OS2/c1-3-29-17-7-5-4-6-15(17)20-21(29)26-23(28-27-20)31-12-19(30)25-22-16(11-24)14-9-8-13(2)10-18(14)32-22/h4-7,13H,3,8-10,12H2,1-2H3,(H,25,30). The molecule has 0 saturated heterocycles. The van der Waals surface area contributed by atoms with Crippen molar-refractivity contribution in [1.29, 1.82) is 5.26 Å². The lowest BCUT2D eigenvalue weighted by atomic mass is 9.89. The maximum atomic E-state index is 12.6. The van der Waals surface area contributed by atoms with Crippen molar-refractivity contribution in [2.75, 3.05) is 11.1 Å². The van der Waals surface area contributed by atoms with Gasteiger partial charge < -0.3 is 9.88 Å². The number of hydrogen-bond donors (Lipinski definition) is 1. The first-order valence-corrected chi connectivity index (χ1v) is 12.5. The zero-order valence-corrected chi connectivity index (χ0v) is 19.5. The van der Waals surface area contributed by atoms with Gasteiger partial charge in [0.05, 0.1) is 16.8 Å². The van der Waals surface area contributed by atoms with Crippen LogP contribution in [0.1, 0.15) is 36.3 Å². The highest BCUT2D eigenvalue weighted by molar-refractivity contribution is 7.99. The van der Waals surface area contributed by atoms with Crippen LogP contribution in [0.3, 0.4) is 0 Å². The summed E-state index contributed by atoms with van der Waals surface area (Å²) < 4.78 is 2.11. The molecule has 0 spiro atoms. The lowest BCUT2D eigenvalue weighted by Crippen LogP contribution is -2.14. The molecule has 0 radical (unpaired) electrons. The number of nitrogens with zero attached hydrogens (tertiary/aromatic N) is 5. The molecule has 0 aliphatic heterocycles. The molecule has 3 heterocycles.